The van der Waals surface area contributed by atoms with Crippen molar-refractivity contribution in [3.05, 3.63) is 0 Å². The third-order valence-corrected chi connectivity index (χ3v) is 4.31. The lowest BCUT2D eigenvalue weighted by molar-refractivity contribution is 0.449. The van der Waals surface area contributed by atoms with Gasteiger partial charge in [-0.3, -0.25) is 0 Å². The molecule has 1 fully saturated rings. The number of hydrogen-bond donors (Lipinski definition) is 2. The topological polar surface area (TPSA) is 72.2 Å². The molecule has 0 radical (unpaired) electrons. The van der Waals surface area contributed by atoms with Crippen molar-refractivity contribution in [2.45, 2.75) is 39.7 Å². The summed E-state index contributed by atoms with van der Waals surface area (Å²) in [5.74, 6) is 0.619. The lowest BCUT2D eigenvalue weighted by atomic mass is 10.0. The molecule has 6 heteroatoms. The van der Waals surface area contributed by atoms with Gasteiger partial charge >= 0.3 is 0 Å². The highest BCUT2D eigenvalue weighted by Crippen LogP contribution is 2.32. The van der Waals surface area contributed by atoms with Gasteiger partial charge in [-0.15, -0.1) is 12.4 Å². The minimum absolute atomic E-state index is 0. The van der Waals surface area contributed by atoms with Gasteiger partial charge in [-0.25, -0.2) is 13.1 Å². The molecule has 0 heterocycles. The molecule has 0 amide bonds. The molecule has 1 aliphatic carbocycles. The molecule has 98 valence electrons. The van der Waals surface area contributed by atoms with E-state index < -0.39 is 10.0 Å². The van der Waals surface area contributed by atoms with Crippen LogP contribution in [-0.2, 0) is 10.0 Å². The molecule has 1 unspecified atom stereocenters. The van der Waals surface area contributed by atoms with Crippen LogP contribution in [0.3, 0.4) is 0 Å². The summed E-state index contributed by atoms with van der Waals surface area (Å²) in [5.41, 5.74) is 5.34. The van der Waals surface area contributed by atoms with E-state index in [2.05, 4.69) is 4.72 Å². The predicted octanol–water partition coefficient (Wildman–Crippen LogP) is 1.11. The number of nitrogens with two attached hydrogens (primary N) is 1. The Kier molecular flexibility index (Phi) is 5.72. The van der Waals surface area contributed by atoms with Crippen molar-refractivity contribution < 1.29 is 8.42 Å². The Morgan fingerprint density at radius 3 is 2.19 bits per heavy atom. The summed E-state index contributed by atoms with van der Waals surface area (Å²) in [6, 6.07) is -0.0580. The Labute approximate surface area is 105 Å². The molecule has 0 aromatic rings. The van der Waals surface area contributed by atoms with Crippen molar-refractivity contribution in [1.82, 2.24) is 4.72 Å². The van der Waals surface area contributed by atoms with E-state index in [0.717, 1.165) is 12.8 Å². The van der Waals surface area contributed by atoms with E-state index in [-0.39, 0.29) is 29.6 Å². The van der Waals surface area contributed by atoms with Crippen LogP contribution in [0.5, 0.6) is 0 Å². The Morgan fingerprint density at radius 1 is 1.38 bits per heavy atom. The van der Waals surface area contributed by atoms with Gasteiger partial charge < -0.3 is 5.73 Å². The second-order valence-electron chi connectivity index (χ2n) is 5.62. The van der Waals surface area contributed by atoms with Crippen molar-refractivity contribution in [3.63, 3.8) is 0 Å². The molecule has 0 aromatic carbocycles. The molecule has 4 nitrogen and oxygen atoms in total. The van der Waals surface area contributed by atoms with E-state index in [1.54, 1.807) is 0 Å². The van der Waals surface area contributed by atoms with E-state index in [1.807, 2.05) is 20.8 Å². The van der Waals surface area contributed by atoms with Crippen LogP contribution in [0.4, 0.5) is 0 Å². The molecule has 0 bridgehead atoms. The van der Waals surface area contributed by atoms with E-state index >= 15 is 0 Å². The zero-order valence-corrected chi connectivity index (χ0v) is 11.8. The SMILES string of the molecule is CC(C)(C)CS(=O)(=O)NC(CN)C1CC1.Cl. The molecule has 16 heavy (non-hydrogen) atoms. The Balaban J connectivity index is 0.00000225. The number of sulfonamides is 1. The highest BCUT2D eigenvalue weighted by Gasteiger charge is 2.33. The van der Waals surface area contributed by atoms with Gasteiger partial charge in [0.2, 0.25) is 10.0 Å². The maximum Gasteiger partial charge on any atom is 0.212 e. The summed E-state index contributed by atoms with van der Waals surface area (Å²) in [6.07, 6.45) is 2.19. The predicted molar refractivity (Wildman–Crippen MR) is 69.2 cm³/mol. The van der Waals surface area contributed by atoms with Gasteiger partial charge in [0.1, 0.15) is 0 Å². The summed E-state index contributed by atoms with van der Waals surface area (Å²) in [5, 5.41) is 0. The van der Waals surface area contributed by atoms with Crippen molar-refractivity contribution in [2.24, 2.45) is 17.1 Å². The summed E-state index contributed by atoms with van der Waals surface area (Å²) >= 11 is 0. The molecule has 0 spiro atoms. The standard InChI is InChI=1S/C10H22N2O2S.ClH/c1-10(2,3)7-15(13,14)12-9(6-11)8-4-5-8;/h8-9,12H,4-7,11H2,1-3H3;1H. The quantitative estimate of drug-likeness (QED) is 0.786. The third kappa shape index (κ3) is 6.03. The first-order valence-corrected chi connectivity index (χ1v) is 7.09. The first-order chi connectivity index (χ1) is 6.73. The minimum Gasteiger partial charge on any atom is -0.329 e. The fraction of sp³-hybridized carbons (Fsp3) is 1.00. The second-order valence-corrected chi connectivity index (χ2v) is 7.37. The Morgan fingerprint density at radius 2 is 1.88 bits per heavy atom. The lowest BCUT2D eigenvalue weighted by Crippen LogP contribution is -2.44. The summed E-state index contributed by atoms with van der Waals surface area (Å²) < 4.78 is 26.3. The third-order valence-electron chi connectivity index (χ3n) is 2.40. The molecule has 1 atom stereocenters. The van der Waals surface area contributed by atoms with Gasteiger partial charge in [-0.05, 0) is 24.2 Å². The largest absolute Gasteiger partial charge is 0.329 e. The molecular weight excluding hydrogens is 248 g/mol. The molecular formula is C10H23ClN2O2S. The number of nitrogens with one attached hydrogen (secondary N) is 1. The molecule has 0 aromatic heterocycles. The smallest absolute Gasteiger partial charge is 0.212 e. The van der Waals surface area contributed by atoms with Crippen LogP contribution >= 0.6 is 12.4 Å². The summed E-state index contributed by atoms with van der Waals surface area (Å²) in [6.45, 7) is 6.15. The second kappa shape index (κ2) is 5.67. The number of hydrogen-bond acceptors (Lipinski definition) is 3. The summed E-state index contributed by atoms with van der Waals surface area (Å²) in [4.78, 5) is 0. The Hall–Kier alpha value is 0.160. The first-order valence-electron chi connectivity index (χ1n) is 5.43. The Bertz CT molecular complexity index is 307. The average molecular weight is 271 g/mol. The van der Waals surface area contributed by atoms with Crippen LogP contribution in [0.2, 0.25) is 0 Å². The molecule has 1 rings (SSSR count). The van der Waals surface area contributed by atoms with E-state index in [4.69, 9.17) is 5.73 Å². The molecule has 1 saturated carbocycles. The van der Waals surface area contributed by atoms with E-state index in [9.17, 15) is 8.42 Å². The first kappa shape index (κ1) is 16.2. The maximum atomic E-state index is 11.8. The van der Waals surface area contributed by atoms with Crippen LogP contribution in [0.15, 0.2) is 0 Å². The average Bonchev–Trinajstić information content (AvgIpc) is 2.77. The van der Waals surface area contributed by atoms with Gasteiger partial charge in [0.05, 0.1) is 5.75 Å². The van der Waals surface area contributed by atoms with Crippen molar-refractivity contribution in [1.29, 1.82) is 0 Å². The van der Waals surface area contributed by atoms with Crippen LogP contribution < -0.4 is 10.5 Å². The van der Waals surface area contributed by atoms with Gasteiger partial charge in [-0.1, -0.05) is 20.8 Å². The van der Waals surface area contributed by atoms with Crippen LogP contribution in [0, 0.1) is 11.3 Å². The molecule has 1 aliphatic rings. The fourth-order valence-electron chi connectivity index (χ4n) is 1.68. The number of rotatable bonds is 5. The zero-order chi connectivity index (χ0) is 11.7. The summed E-state index contributed by atoms with van der Waals surface area (Å²) in [7, 11) is -3.19. The van der Waals surface area contributed by atoms with Crippen LogP contribution in [0.1, 0.15) is 33.6 Å². The monoisotopic (exact) mass is 270 g/mol. The highest BCUT2D eigenvalue weighted by atomic mass is 35.5. The lowest BCUT2D eigenvalue weighted by Gasteiger charge is -2.22. The van der Waals surface area contributed by atoms with Gasteiger partial charge in [-0.2, -0.15) is 0 Å². The van der Waals surface area contributed by atoms with E-state index in [1.165, 1.54) is 0 Å². The van der Waals surface area contributed by atoms with Crippen molar-refractivity contribution in [2.75, 3.05) is 12.3 Å². The zero-order valence-electron chi connectivity index (χ0n) is 10.2. The highest BCUT2D eigenvalue weighted by molar-refractivity contribution is 7.89. The maximum absolute atomic E-state index is 11.8. The van der Waals surface area contributed by atoms with Crippen molar-refractivity contribution in [3.8, 4) is 0 Å². The van der Waals surface area contributed by atoms with E-state index in [0.29, 0.717) is 12.5 Å². The normalized spacial score (nSPS) is 19.0. The number of halogens is 1. The van der Waals surface area contributed by atoms with Gasteiger partial charge in [0.15, 0.2) is 0 Å². The minimum atomic E-state index is -3.19. The molecule has 0 aliphatic heterocycles. The van der Waals surface area contributed by atoms with Gasteiger partial charge in [0, 0.05) is 12.6 Å². The van der Waals surface area contributed by atoms with Gasteiger partial charge in [0.25, 0.3) is 0 Å². The fourth-order valence-corrected chi connectivity index (χ4v) is 3.65. The molecule has 0 saturated heterocycles. The van der Waals surface area contributed by atoms with Crippen LogP contribution in [-0.4, -0.2) is 26.8 Å². The van der Waals surface area contributed by atoms with Crippen molar-refractivity contribution >= 4 is 22.4 Å². The molecule has 3 N–H and O–H groups in total. The van der Waals surface area contributed by atoms with Crippen LogP contribution in [0.25, 0.3) is 0 Å².